The van der Waals surface area contributed by atoms with Crippen molar-refractivity contribution in [3.63, 3.8) is 0 Å². The van der Waals surface area contributed by atoms with E-state index in [9.17, 15) is 4.39 Å². The molecule has 0 amide bonds. The molecule has 0 bridgehead atoms. The van der Waals surface area contributed by atoms with Crippen LogP contribution in [0.3, 0.4) is 0 Å². The van der Waals surface area contributed by atoms with E-state index in [0.717, 1.165) is 27.8 Å². The van der Waals surface area contributed by atoms with E-state index in [0.29, 0.717) is 0 Å². The molecule has 0 radical (unpaired) electrons. The second-order valence-corrected chi connectivity index (χ2v) is 7.34. The minimum Gasteiger partial charge on any atom is -0.271 e. The highest BCUT2D eigenvalue weighted by molar-refractivity contribution is 7.19. The van der Waals surface area contributed by atoms with Gasteiger partial charge in [-0.1, -0.05) is 6.92 Å². The van der Waals surface area contributed by atoms with Gasteiger partial charge in [0.2, 0.25) is 0 Å². The highest BCUT2D eigenvalue weighted by Crippen LogP contribution is 2.32. The van der Waals surface area contributed by atoms with E-state index in [1.165, 1.54) is 15.8 Å². The van der Waals surface area contributed by atoms with Gasteiger partial charge in [-0.3, -0.25) is 11.3 Å². The molecule has 2 aromatic heterocycles. The molecule has 3 rings (SSSR count). The van der Waals surface area contributed by atoms with Gasteiger partial charge in [-0.25, -0.2) is 4.39 Å². The Hall–Kier alpha value is -1.27. The van der Waals surface area contributed by atoms with Crippen LogP contribution in [0.4, 0.5) is 4.39 Å². The average molecular weight is 320 g/mol. The van der Waals surface area contributed by atoms with E-state index in [1.807, 2.05) is 23.5 Å². The molecule has 2 heterocycles. The zero-order valence-corrected chi connectivity index (χ0v) is 13.4. The number of benzene rings is 1. The lowest BCUT2D eigenvalue weighted by molar-refractivity contribution is 0.564. The SMILES string of the molecule is CCc1ccc(CC(NN)c2cc3cc(F)ccc3s2)s1. The van der Waals surface area contributed by atoms with Gasteiger partial charge in [-0.2, -0.15) is 0 Å². The number of hydrogen-bond acceptors (Lipinski definition) is 4. The quantitative estimate of drug-likeness (QED) is 0.540. The summed E-state index contributed by atoms with van der Waals surface area (Å²) in [5, 5.41) is 0.940. The number of halogens is 1. The monoisotopic (exact) mass is 320 g/mol. The van der Waals surface area contributed by atoms with E-state index >= 15 is 0 Å². The van der Waals surface area contributed by atoms with Gasteiger partial charge in [-0.05, 0) is 48.2 Å². The van der Waals surface area contributed by atoms with Crippen LogP contribution in [-0.2, 0) is 12.8 Å². The zero-order valence-electron chi connectivity index (χ0n) is 11.7. The highest BCUT2D eigenvalue weighted by Gasteiger charge is 2.15. The van der Waals surface area contributed by atoms with Crippen LogP contribution < -0.4 is 11.3 Å². The smallest absolute Gasteiger partial charge is 0.123 e. The number of fused-ring (bicyclic) bond motifs is 1. The maximum absolute atomic E-state index is 13.3. The van der Waals surface area contributed by atoms with Crippen molar-refractivity contribution in [2.24, 2.45) is 5.84 Å². The number of rotatable bonds is 5. The molecule has 3 N–H and O–H groups in total. The summed E-state index contributed by atoms with van der Waals surface area (Å²) >= 11 is 3.50. The molecule has 0 aliphatic heterocycles. The van der Waals surface area contributed by atoms with Gasteiger partial charge >= 0.3 is 0 Å². The van der Waals surface area contributed by atoms with Gasteiger partial charge in [0.25, 0.3) is 0 Å². The Morgan fingerprint density at radius 2 is 1.95 bits per heavy atom. The number of hydrogen-bond donors (Lipinski definition) is 2. The van der Waals surface area contributed by atoms with Gasteiger partial charge in [0.15, 0.2) is 0 Å². The molecule has 0 saturated carbocycles. The fraction of sp³-hybridized carbons (Fsp3) is 0.250. The number of hydrazine groups is 1. The lowest BCUT2D eigenvalue weighted by atomic mass is 10.1. The summed E-state index contributed by atoms with van der Waals surface area (Å²) in [6.07, 6.45) is 1.92. The van der Waals surface area contributed by atoms with Crippen molar-refractivity contribution in [2.75, 3.05) is 0 Å². The number of nitrogens with one attached hydrogen (secondary N) is 1. The van der Waals surface area contributed by atoms with Gasteiger partial charge < -0.3 is 0 Å². The van der Waals surface area contributed by atoms with Crippen LogP contribution in [0, 0.1) is 5.82 Å². The predicted molar refractivity (Wildman–Crippen MR) is 89.2 cm³/mol. The van der Waals surface area contributed by atoms with Crippen LogP contribution in [0.25, 0.3) is 10.1 Å². The van der Waals surface area contributed by atoms with Crippen molar-refractivity contribution in [2.45, 2.75) is 25.8 Å². The molecule has 0 spiro atoms. The van der Waals surface area contributed by atoms with E-state index in [4.69, 9.17) is 5.84 Å². The fourth-order valence-corrected chi connectivity index (χ4v) is 4.48. The van der Waals surface area contributed by atoms with Gasteiger partial charge in [-0.15, -0.1) is 22.7 Å². The molecule has 1 unspecified atom stereocenters. The summed E-state index contributed by atoms with van der Waals surface area (Å²) in [5.41, 5.74) is 2.89. The first kappa shape index (κ1) is 14.7. The van der Waals surface area contributed by atoms with E-state index in [-0.39, 0.29) is 11.9 Å². The van der Waals surface area contributed by atoms with Crippen molar-refractivity contribution in [3.05, 3.63) is 56.8 Å². The summed E-state index contributed by atoms with van der Waals surface area (Å²) in [7, 11) is 0. The third-order valence-electron chi connectivity index (χ3n) is 3.51. The molecule has 1 aromatic carbocycles. The number of thiophene rings is 2. The molecule has 1 atom stereocenters. The van der Waals surface area contributed by atoms with Gasteiger partial charge in [0.1, 0.15) is 5.82 Å². The van der Waals surface area contributed by atoms with E-state index in [2.05, 4.69) is 24.5 Å². The molecule has 5 heteroatoms. The zero-order chi connectivity index (χ0) is 14.8. The summed E-state index contributed by atoms with van der Waals surface area (Å²) in [6.45, 7) is 2.16. The van der Waals surface area contributed by atoms with Crippen LogP contribution >= 0.6 is 22.7 Å². The first-order valence-corrected chi connectivity index (χ1v) is 8.55. The van der Waals surface area contributed by atoms with Crippen LogP contribution in [-0.4, -0.2) is 0 Å². The Morgan fingerprint density at radius 3 is 2.67 bits per heavy atom. The van der Waals surface area contributed by atoms with Crippen LogP contribution in [0.1, 0.15) is 27.6 Å². The maximum atomic E-state index is 13.3. The van der Waals surface area contributed by atoms with Crippen molar-refractivity contribution < 1.29 is 4.39 Å². The summed E-state index contributed by atoms with van der Waals surface area (Å²) in [4.78, 5) is 3.85. The van der Waals surface area contributed by atoms with Crippen molar-refractivity contribution in [3.8, 4) is 0 Å². The number of aryl methyl sites for hydroxylation is 1. The van der Waals surface area contributed by atoms with Crippen LogP contribution in [0.15, 0.2) is 36.4 Å². The Balaban J connectivity index is 1.86. The average Bonchev–Trinajstić information content (AvgIpc) is 3.10. The Bertz CT molecular complexity index is 748. The van der Waals surface area contributed by atoms with Crippen LogP contribution in [0.5, 0.6) is 0 Å². The van der Waals surface area contributed by atoms with Crippen LogP contribution in [0.2, 0.25) is 0 Å². The molecule has 110 valence electrons. The van der Waals surface area contributed by atoms with E-state index < -0.39 is 0 Å². The number of nitrogens with two attached hydrogens (primary N) is 1. The van der Waals surface area contributed by atoms with Gasteiger partial charge in [0, 0.05) is 25.8 Å². The van der Waals surface area contributed by atoms with Crippen molar-refractivity contribution in [1.82, 2.24) is 5.43 Å². The van der Waals surface area contributed by atoms with Crippen molar-refractivity contribution >= 4 is 32.8 Å². The molecule has 0 aliphatic rings. The molecule has 0 saturated heterocycles. The lowest BCUT2D eigenvalue weighted by Gasteiger charge is -2.12. The normalized spacial score (nSPS) is 12.9. The predicted octanol–water partition coefficient (Wildman–Crippen LogP) is 4.41. The third-order valence-corrected chi connectivity index (χ3v) is 5.99. The summed E-state index contributed by atoms with van der Waals surface area (Å²) in [6, 6.07) is 11.3. The summed E-state index contributed by atoms with van der Waals surface area (Å²) in [5.74, 6) is 5.53. The van der Waals surface area contributed by atoms with E-state index in [1.54, 1.807) is 17.4 Å². The molecule has 2 nitrogen and oxygen atoms in total. The third kappa shape index (κ3) is 3.16. The lowest BCUT2D eigenvalue weighted by Crippen LogP contribution is -2.28. The fourth-order valence-electron chi connectivity index (χ4n) is 2.37. The Morgan fingerprint density at radius 1 is 1.14 bits per heavy atom. The molecule has 3 aromatic rings. The highest BCUT2D eigenvalue weighted by atomic mass is 32.1. The first-order valence-electron chi connectivity index (χ1n) is 6.92. The van der Waals surface area contributed by atoms with Crippen molar-refractivity contribution in [1.29, 1.82) is 0 Å². The first-order chi connectivity index (χ1) is 10.2. The Kier molecular flexibility index (Phi) is 4.35. The standard InChI is InChI=1S/C16H17FN2S2/c1-2-12-4-5-13(20-12)9-14(19-18)16-8-10-7-11(17)3-6-15(10)21-16/h3-8,14,19H,2,9,18H2,1H3. The molecular weight excluding hydrogens is 303 g/mol. The molecule has 0 fully saturated rings. The maximum Gasteiger partial charge on any atom is 0.123 e. The molecule has 0 aliphatic carbocycles. The topological polar surface area (TPSA) is 38.0 Å². The molecular formula is C16H17FN2S2. The van der Waals surface area contributed by atoms with Gasteiger partial charge in [0.05, 0.1) is 6.04 Å². The Labute approximate surface area is 131 Å². The minimum absolute atomic E-state index is 0.0637. The second-order valence-electron chi connectivity index (χ2n) is 4.98. The molecule has 21 heavy (non-hydrogen) atoms. The summed E-state index contributed by atoms with van der Waals surface area (Å²) < 4.78 is 14.4. The largest absolute Gasteiger partial charge is 0.271 e. The second kappa shape index (κ2) is 6.23. The minimum atomic E-state index is -0.199.